The van der Waals surface area contributed by atoms with Crippen LogP contribution in [0.25, 0.3) is 0 Å². The number of rotatable bonds is 2. The zero-order chi connectivity index (χ0) is 15.8. The number of benzene rings is 1. The van der Waals surface area contributed by atoms with Gasteiger partial charge in [0.1, 0.15) is 6.04 Å². The molecule has 1 saturated heterocycles. The van der Waals surface area contributed by atoms with E-state index in [4.69, 9.17) is 0 Å². The number of piperidine rings is 1. The van der Waals surface area contributed by atoms with E-state index in [0.29, 0.717) is 12.1 Å². The molecular weight excluding hydrogens is 402 g/mol. The van der Waals surface area contributed by atoms with Crippen molar-refractivity contribution in [2.75, 3.05) is 6.54 Å². The van der Waals surface area contributed by atoms with Gasteiger partial charge < -0.3 is 10.0 Å². The normalized spacial score (nSPS) is 21.1. The molecule has 1 aromatic carbocycles. The molecule has 114 valence electrons. The van der Waals surface area contributed by atoms with Crippen LogP contribution in [-0.4, -0.2) is 34.5 Å². The number of carboxylic acid groups (broad SMARTS) is 1. The van der Waals surface area contributed by atoms with Crippen LogP contribution in [0, 0.1) is 5.41 Å². The van der Waals surface area contributed by atoms with Crippen molar-refractivity contribution >= 4 is 43.7 Å². The Kier molecular flexibility index (Phi) is 4.78. The predicted octanol–water partition coefficient (Wildman–Crippen LogP) is 3.93. The fourth-order valence-electron chi connectivity index (χ4n) is 2.92. The molecule has 1 unspecified atom stereocenters. The van der Waals surface area contributed by atoms with Gasteiger partial charge in [0.05, 0.1) is 0 Å². The number of carboxylic acids is 1. The van der Waals surface area contributed by atoms with Crippen LogP contribution in [0.4, 0.5) is 0 Å². The number of likely N-dealkylation sites (tertiary alicyclic amines) is 1. The van der Waals surface area contributed by atoms with Crippen LogP contribution < -0.4 is 0 Å². The molecule has 6 heteroatoms. The van der Waals surface area contributed by atoms with E-state index in [1.54, 1.807) is 12.1 Å². The molecular formula is C15H17Br2NO3. The minimum Gasteiger partial charge on any atom is -0.480 e. The molecule has 1 N–H and O–H groups in total. The Morgan fingerprint density at radius 2 is 1.81 bits per heavy atom. The second-order valence-corrected chi connectivity index (χ2v) is 7.82. The molecule has 1 aliphatic rings. The summed E-state index contributed by atoms with van der Waals surface area (Å²) in [6, 6.07) is 4.48. The van der Waals surface area contributed by atoms with Gasteiger partial charge in [-0.05, 0) is 36.5 Å². The van der Waals surface area contributed by atoms with Crippen LogP contribution in [0.3, 0.4) is 0 Å². The first-order valence-electron chi connectivity index (χ1n) is 6.72. The third-order valence-electron chi connectivity index (χ3n) is 3.88. The molecule has 0 spiro atoms. The quantitative estimate of drug-likeness (QED) is 0.791. The van der Waals surface area contributed by atoms with Crippen molar-refractivity contribution in [2.24, 2.45) is 5.41 Å². The van der Waals surface area contributed by atoms with Crippen LogP contribution in [0.5, 0.6) is 0 Å². The van der Waals surface area contributed by atoms with E-state index < -0.39 is 17.4 Å². The highest BCUT2D eigenvalue weighted by Gasteiger charge is 2.44. The maximum Gasteiger partial charge on any atom is 0.326 e. The Labute approximate surface area is 140 Å². The van der Waals surface area contributed by atoms with Crippen LogP contribution in [-0.2, 0) is 4.79 Å². The van der Waals surface area contributed by atoms with Crippen LogP contribution in [0.15, 0.2) is 27.1 Å². The van der Waals surface area contributed by atoms with Crippen LogP contribution >= 0.6 is 31.9 Å². The molecule has 0 aromatic heterocycles. The first-order chi connectivity index (χ1) is 9.72. The zero-order valence-corrected chi connectivity index (χ0v) is 15.1. The highest BCUT2D eigenvalue weighted by atomic mass is 79.9. The maximum absolute atomic E-state index is 12.7. The summed E-state index contributed by atoms with van der Waals surface area (Å²) in [5, 5.41) is 9.54. The summed E-state index contributed by atoms with van der Waals surface area (Å²) in [5.74, 6) is -1.18. The lowest BCUT2D eigenvalue weighted by atomic mass is 9.76. The molecule has 1 aliphatic heterocycles. The lowest BCUT2D eigenvalue weighted by molar-refractivity contribution is -0.148. The van der Waals surface area contributed by atoms with E-state index in [9.17, 15) is 14.7 Å². The van der Waals surface area contributed by atoms with E-state index in [2.05, 4.69) is 31.9 Å². The Balaban J connectivity index is 2.38. The van der Waals surface area contributed by atoms with Crippen molar-refractivity contribution in [1.82, 2.24) is 4.90 Å². The molecule has 0 saturated carbocycles. The first-order valence-corrected chi connectivity index (χ1v) is 8.31. The average Bonchev–Trinajstić information content (AvgIpc) is 2.34. The van der Waals surface area contributed by atoms with Crippen molar-refractivity contribution in [2.45, 2.75) is 32.7 Å². The summed E-state index contributed by atoms with van der Waals surface area (Å²) < 4.78 is 1.56. The van der Waals surface area contributed by atoms with Gasteiger partial charge in [-0.25, -0.2) is 4.79 Å². The Morgan fingerprint density at radius 3 is 2.33 bits per heavy atom. The summed E-state index contributed by atoms with van der Waals surface area (Å²) in [6.45, 7) is 4.29. The SMILES string of the molecule is CC1(C)CCCN(C(=O)c2cc(Br)cc(Br)c2)C1C(=O)O. The van der Waals surface area contributed by atoms with Gasteiger partial charge in [0.15, 0.2) is 0 Å². The van der Waals surface area contributed by atoms with Gasteiger partial charge in [-0.3, -0.25) is 4.79 Å². The third kappa shape index (κ3) is 3.48. The standard InChI is InChI=1S/C15H17Br2NO3/c1-15(2)4-3-5-18(12(15)14(20)21)13(19)9-6-10(16)8-11(17)7-9/h6-8,12H,3-5H2,1-2H3,(H,20,21). The van der Waals surface area contributed by atoms with Crippen molar-refractivity contribution in [1.29, 1.82) is 0 Å². The number of amides is 1. The van der Waals surface area contributed by atoms with Gasteiger partial charge >= 0.3 is 5.97 Å². The summed E-state index contributed by atoms with van der Waals surface area (Å²) >= 11 is 6.71. The summed E-state index contributed by atoms with van der Waals surface area (Å²) in [4.78, 5) is 25.9. The molecule has 4 nitrogen and oxygen atoms in total. The maximum atomic E-state index is 12.7. The van der Waals surface area contributed by atoms with Gasteiger partial charge in [-0.2, -0.15) is 0 Å². The Hall–Kier alpha value is -0.880. The average molecular weight is 419 g/mol. The van der Waals surface area contributed by atoms with Gasteiger partial charge in [0.2, 0.25) is 0 Å². The molecule has 1 amide bonds. The van der Waals surface area contributed by atoms with Crippen LogP contribution in [0.2, 0.25) is 0 Å². The Bertz CT molecular complexity index is 566. The molecule has 0 aliphatic carbocycles. The lowest BCUT2D eigenvalue weighted by Gasteiger charge is -2.44. The number of carbonyl (C=O) groups excluding carboxylic acids is 1. The van der Waals surface area contributed by atoms with E-state index in [1.165, 1.54) is 4.90 Å². The minimum absolute atomic E-state index is 0.239. The van der Waals surface area contributed by atoms with Gasteiger partial charge in [-0.1, -0.05) is 45.7 Å². The monoisotopic (exact) mass is 417 g/mol. The first kappa shape index (κ1) is 16.5. The van der Waals surface area contributed by atoms with Crippen molar-refractivity contribution in [3.8, 4) is 0 Å². The predicted molar refractivity (Wildman–Crippen MR) is 87.3 cm³/mol. The van der Waals surface area contributed by atoms with Gasteiger partial charge in [0.25, 0.3) is 5.91 Å². The molecule has 2 rings (SSSR count). The van der Waals surface area contributed by atoms with Crippen LogP contribution in [0.1, 0.15) is 37.0 Å². The van der Waals surface area contributed by atoms with Crippen molar-refractivity contribution in [3.63, 3.8) is 0 Å². The summed E-state index contributed by atoms with van der Waals surface area (Å²) in [7, 11) is 0. The van der Waals surface area contributed by atoms with Gasteiger partial charge in [-0.15, -0.1) is 0 Å². The molecule has 0 radical (unpaired) electrons. The number of nitrogens with zero attached hydrogens (tertiary/aromatic N) is 1. The van der Waals surface area contributed by atoms with Crippen molar-refractivity contribution in [3.05, 3.63) is 32.7 Å². The number of hydrogen-bond acceptors (Lipinski definition) is 2. The van der Waals surface area contributed by atoms with Gasteiger partial charge in [0, 0.05) is 21.1 Å². The largest absolute Gasteiger partial charge is 0.480 e. The fourth-order valence-corrected chi connectivity index (χ4v) is 4.22. The smallest absolute Gasteiger partial charge is 0.326 e. The van der Waals surface area contributed by atoms with E-state index in [-0.39, 0.29) is 5.91 Å². The van der Waals surface area contributed by atoms with Crippen molar-refractivity contribution < 1.29 is 14.7 Å². The number of carbonyl (C=O) groups is 2. The lowest BCUT2D eigenvalue weighted by Crippen LogP contribution is -2.56. The zero-order valence-electron chi connectivity index (χ0n) is 11.9. The molecule has 0 bridgehead atoms. The molecule has 1 heterocycles. The third-order valence-corrected chi connectivity index (χ3v) is 4.79. The number of aliphatic carboxylic acids is 1. The fraction of sp³-hybridized carbons (Fsp3) is 0.467. The summed E-state index contributed by atoms with van der Waals surface area (Å²) in [6.07, 6.45) is 1.62. The molecule has 1 fully saturated rings. The second kappa shape index (κ2) is 6.08. The van der Waals surface area contributed by atoms with E-state index >= 15 is 0 Å². The highest BCUT2D eigenvalue weighted by molar-refractivity contribution is 9.11. The highest BCUT2D eigenvalue weighted by Crippen LogP contribution is 2.36. The minimum atomic E-state index is -0.942. The molecule has 21 heavy (non-hydrogen) atoms. The van der Waals surface area contributed by atoms with E-state index in [1.807, 2.05) is 19.9 Å². The number of hydrogen-bond donors (Lipinski definition) is 1. The molecule has 1 aromatic rings. The summed E-state index contributed by atoms with van der Waals surface area (Å²) in [5.41, 5.74) is 0.0587. The topological polar surface area (TPSA) is 57.6 Å². The number of halogens is 2. The van der Waals surface area contributed by atoms with E-state index in [0.717, 1.165) is 21.8 Å². The molecule has 1 atom stereocenters. The second-order valence-electron chi connectivity index (χ2n) is 5.99. The Morgan fingerprint density at radius 1 is 1.24 bits per heavy atom.